The first kappa shape index (κ1) is 21.0. The van der Waals surface area contributed by atoms with Crippen molar-refractivity contribution in [2.24, 2.45) is 5.92 Å². The van der Waals surface area contributed by atoms with Crippen molar-refractivity contribution in [2.45, 2.75) is 18.9 Å². The summed E-state index contributed by atoms with van der Waals surface area (Å²) in [5.41, 5.74) is 1.54. The topological polar surface area (TPSA) is 94.6 Å². The van der Waals surface area contributed by atoms with Crippen LogP contribution in [0.1, 0.15) is 24.0 Å². The molecule has 1 amide bonds. The van der Waals surface area contributed by atoms with Crippen LogP contribution in [0.2, 0.25) is 0 Å². The Hall–Kier alpha value is -3.83. The second-order valence-electron chi connectivity index (χ2n) is 8.07. The number of hydrogen-bond donors (Lipinski definition) is 2. The van der Waals surface area contributed by atoms with E-state index in [4.69, 9.17) is 14.2 Å². The molecule has 1 atom stereocenters. The van der Waals surface area contributed by atoms with Gasteiger partial charge in [-0.3, -0.25) is 4.79 Å². The number of carbonyl (C=O) groups excluding carboxylic acids is 1. The Labute approximate surface area is 191 Å². The van der Waals surface area contributed by atoms with Crippen LogP contribution in [0.5, 0.6) is 11.5 Å². The van der Waals surface area contributed by atoms with Gasteiger partial charge < -0.3 is 24.8 Å². The zero-order valence-corrected chi connectivity index (χ0v) is 18.5. The smallest absolute Gasteiger partial charge is 0.228 e. The summed E-state index contributed by atoms with van der Waals surface area (Å²) in [6.45, 7) is 0.905. The number of carbonyl (C=O) groups is 1. The molecule has 0 bridgehead atoms. The molecule has 3 aromatic rings. The first-order valence-corrected chi connectivity index (χ1v) is 10.9. The Balaban J connectivity index is 1.45. The number of nitrogens with one attached hydrogen (secondary N) is 2. The summed E-state index contributed by atoms with van der Waals surface area (Å²) in [7, 11) is 3.45. The fourth-order valence-corrected chi connectivity index (χ4v) is 3.68. The van der Waals surface area contributed by atoms with Crippen molar-refractivity contribution in [2.75, 3.05) is 38.0 Å². The molecule has 2 aromatic heterocycles. The second kappa shape index (κ2) is 8.96. The van der Waals surface area contributed by atoms with E-state index in [1.54, 1.807) is 19.5 Å². The Bertz CT molecular complexity index is 1280. The quantitative estimate of drug-likeness (QED) is 0.584. The van der Waals surface area contributed by atoms with Crippen LogP contribution >= 0.6 is 0 Å². The van der Waals surface area contributed by atoms with Gasteiger partial charge in [0.2, 0.25) is 5.91 Å². The molecule has 2 aliphatic rings. The van der Waals surface area contributed by atoms with Crippen LogP contribution in [-0.4, -0.2) is 49.4 Å². The van der Waals surface area contributed by atoms with E-state index in [0.29, 0.717) is 36.3 Å². The van der Waals surface area contributed by atoms with E-state index in [1.165, 1.54) is 0 Å². The van der Waals surface area contributed by atoms with Gasteiger partial charge in [0.15, 0.2) is 17.6 Å². The molecule has 1 saturated carbocycles. The summed E-state index contributed by atoms with van der Waals surface area (Å²) >= 11 is 0. The highest BCUT2D eigenvalue weighted by Crippen LogP contribution is 2.33. The number of aromatic nitrogens is 2. The predicted molar refractivity (Wildman–Crippen MR) is 125 cm³/mol. The zero-order valence-electron chi connectivity index (χ0n) is 18.5. The zero-order chi connectivity index (χ0) is 22.8. The summed E-state index contributed by atoms with van der Waals surface area (Å²) in [6.07, 6.45) is 5.19. The van der Waals surface area contributed by atoms with Gasteiger partial charge in [-0.1, -0.05) is 11.8 Å². The molecule has 1 aromatic carbocycles. The number of fused-ring (bicyclic) bond motifs is 2. The van der Waals surface area contributed by atoms with Crippen LogP contribution in [0.15, 0.2) is 36.7 Å². The number of benzene rings is 1. The lowest BCUT2D eigenvalue weighted by Gasteiger charge is -2.26. The van der Waals surface area contributed by atoms with Crippen LogP contribution < -0.4 is 20.1 Å². The first-order chi connectivity index (χ1) is 16.1. The van der Waals surface area contributed by atoms with Crippen molar-refractivity contribution in [3.63, 3.8) is 0 Å². The molecular weight excluding hydrogens is 420 g/mol. The number of ether oxygens (including phenoxy) is 3. The average molecular weight is 444 g/mol. The van der Waals surface area contributed by atoms with Gasteiger partial charge in [0.25, 0.3) is 0 Å². The van der Waals surface area contributed by atoms with Crippen LogP contribution in [0, 0.1) is 17.8 Å². The average Bonchev–Trinajstić information content (AvgIpc) is 3.68. The predicted octanol–water partition coefficient (Wildman–Crippen LogP) is 3.21. The molecule has 1 aliphatic carbocycles. The number of pyridine rings is 2. The third-order valence-electron chi connectivity index (χ3n) is 5.56. The minimum atomic E-state index is -0.120. The summed E-state index contributed by atoms with van der Waals surface area (Å²) in [5, 5.41) is 7.68. The standard InChI is InChI=1S/C25H24N4O4/c1-26-24-20-12-27-23(29-25(30)16-6-7-16)10-19(20)17(11-28-24)5-3-15-4-8-21-22(9-15)32-14-18(33-21)13-31-2/h4,8-12,16,18H,6-7,13-14H2,1-2H3,(H,26,28)(H,27,29,30)/t18-/m1/s1. The Morgan fingerprint density at radius 2 is 2.03 bits per heavy atom. The molecule has 1 fully saturated rings. The fraction of sp³-hybridized carbons (Fsp3) is 0.320. The number of rotatable bonds is 5. The van der Waals surface area contributed by atoms with Gasteiger partial charge in [0.1, 0.15) is 18.2 Å². The number of methoxy groups -OCH3 is 1. The minimum Gasteiger partial charge on any atom is -0.486 e. The van der Waals surface area contributed by atoms with Crippen LogP contribution in [0.4, 0.5) is 11.6 Å². The van der Waals surface area contributed by atoms with Crippen molar-refractivity contribution < 1.29 is 19.0 Å². The lowest BCUT2D eigenvalue weighted by atomic mass is 10.1. The lowest BCUT2D eigenvalue weighted by Crippen LogP contribution is -2.32. The van der Waals surface area contributed by atoms with Gasteiger partial charge in [0, 0.05) is 48.8 Å². The van der Waals surface area contributed by atoms with Gasteiger partial charge >= 0.3 is 0 Å². The maximum Gasteiger partial charge on any atom is 0.228 e. The monoisotopic (exact) mass is 444 g/mol. The van der Waals surface area contributed by atoms with E-state index < -0.39 is 0 Å². The summed E-state index contributed by atoms with van der Waals surface area (Å²) in [6, 6.07) is 7.47. The Morgan fingerprint density at radius 1 is 1.15 bits per heavy atom. The summed E-state index contributed by atoms with van der Waals surface area (Å²) < 4.78 is 16.8. The maximum absolute atomic E-state index is 12.2. The number of hydrogen-bond acceptors (Lipinski definition) is 7. The van der Waals surface area contributed by atoms with E-state index in [2.05, 4.69) is 32.4 Å². The van der Waals surface area contributed by atoms with Gasteiger partial charge in [0.05, 0.1) is 12.2 Å². The second-order valence-corrected chi connectivity index (χ2v) is 8.07. The highest BCUT2D eigenvalue weighted by molar-refractivity contribution is 5.99. The Kier molecular flexibility index (Phi) is 5.71. The molecule has 0 spiro atoms. The molecule has 0 unspecified atom stereocenters. The first-order valence-electron chi connectivity index (χ1n) is 10.9. The lowest BCUT2D eigenvalue weighted by molar-refractivity contribution is -0.117. The van der Waals surface area contributed by atoms with Crippen LogP contribution in [-0.2, 0) is 9.53 Å². The summed E-state index contributed by atoms with van der Waals surface area (Å²) in [5.74, 6) is 9.08. The third-order valence-corrected chi connectivity index (χ3v) is 5.56. The van der Waals surface area contributed by atoms with Crippen LogP contribution in [0.25, 0.3) is 10.8 Å². The number of anilines is 2. The molecule has 3 heterocycles. The van der Waals surface area contributed by atoms with E-state index in [1.807, 2.05) is 31.3 Å². The largest absolute Gasteiger partial charge is 0.486 e. The SMILES string of the molecule is CNc1ncc(C#Cc2ccc3c(c2)OC[C@@H](COC)O3)c2cc(NC(=O)C3CC3)ncc12. The summed E-state index contributed by atoms with van der Waals surface area (Å²) in [4.78, 5) is 21.0. The maximum atomic E-state index is 12.2. The van der Waals surface area contributed by atoms with Crippen molar-refractivity contribution >= 4 is 28.3 Å². The molecule has 168 valence electrons. The van der Waals surface area contributed by atoms with Crippen molar-refractivity contribution in [1.29, 1.82) is 0 Å². The van der Waals surface area contributed by atoms with Crippen molar-refractivity contribution in [1.82, 2.24) is 9.97 Å². The van der Waals surface area contributed by atoms with Gasteiger partial charge in [-0.25, -0.2) is 9.97 Å². The molecule has 2 N–H and O–H groups in total. The highest BCUT2D eigenvalue weighted by Gasteiger charge is 2.29. The fourth-order valence-electron chi connectivity index (χ4n) is 3.68. The Morgan fingerprint density at radius 3 is 2.82 bits per heavy atom. The van der Waals surface area contributed by atoms with Gasteiger partial charge in [-0.05, 0) is 37.1 Å². The van der Waals surface area contributed by atoms with Crippen molar-refractivity contribution in [3.05, 3.63) is 47.8 Å². The number of nitrogens with zero attached hydrogens (tertiary/aromatic N) is 2. The third kappa shape index (κ3) is 4.54. The molecule has 1 aliphatic heterocycles. The van der Waals surface area contributed by atoms with Crippen LogP contribution in [0.3, 0.4) is 0 Å². The molecule has 0 saturated heterocycles. The number of amides is 1. The molecule has 8 nitrogen and oxygen atoms in total. The molecular formula is C25H24N4O4. The van der Waals surface area contributed by atoms with Crippen molar-refractivity contribution in [3.8, 4) is 23.3 Å². The van der Waals surface area contributed by atoms with Gasteiger partial charge in [-0.2, -0.15) is 0 Å². The molecule has 33 heavy (non-hydrogen) atoms. The molecule has 5 rings (SSSR count). The normalized spacial score (nSPS) is 16.6. The molecule has 0 radical (unpaired) electrons. The van der Waals surface area contributed by atoms with E-state index in [0.717, 1.165) is 34.7 Å². The van der Waals surface area contributed by atoms with E-state index in [-0.39, 0.29) is 17.9 Å². The highest BCUT2D eigenvalue weighted by atomic mass is 16.6. The molecule has 8 heteroatoms. The van der Waals surface area contributed by atoms with E-state index >= 15 is 0 Å². The van der Waals surface area contributed by atoms with Gasteiger partial charge in [-0.15, -0.1) is 0 Å². The van der Waals surface area contributed by atoms with E-state index in [9.17, 15) is 4.79 Å². The minimum absolute atomic E-state index is 0.0152.